The number of alkyl halides is 6. The van der Waals surface area contributed by atoms with Gasteiger partial charge < -0.3 is 9.42 Å². The minimum Gasteiger partial charge on any atom is -0.355 e. The van der Waals surface area contributed by atoms with Crippen LogP contribution in [0.2, 0.25) is 0 Å². The first-order valence-corrected chi connectivity index (χ1v) is 7.63. The molecule has 0 saturated carbocycles. The van der Waals surface area contributed by atoms with Crippen LogP contribution in [0.5, 0.6) is 0 Å². The summed E-state index contributed by atoms with van der Waals surface area (Å²) in [6.07, 6.45) is -9.56. The highest BCUT2D eigenvalue weighted by atomic mass is 19.4. The minimum absolute atomic E-state index is 0.0919. The van der Waals surface area contributed by atoms with E-state index in [4.69, 9.17) is 11.1 Å². The van der Waals surface area contributed by atoms with Gasteiger partial charge in [0.2, 0.25) is 5.89 Å². The van der Waals surface area contributed by atoms with Crippen molar-refractivity contribution in [1.29, 1.82) is 0 Å². The molecule has 1 aromatic carbocycles. The van der Waals surface area contributed by atoms with E-state index in [1.165, 1.54) is 0 Å². The summed E-state index contributed by atoms with van der Waals surface area (Å²) in [6.45, 7) is 8.26. The molecule has 2 aromatic rings. The van der Waals surface area contributed by atoms with Crippen LogP contribution in [-0.4, -0.2) is 22.9 Å². The summed E-state index contributed by atoms with van der Waals surface area (Å²) in [4.78, 5) is 7.37. The molecule has 0 aliphatic rings. The summed E-state index contributed by atoms with van der Waals surface area (Å²) in [6, 6.07) is 2.38. The summed E-state index contributed by atoms with van der Waals surface area (Å²) >= 11 is 0. The first-order chi connectivity index (χ1) is 12.4. The maximum atomic E-state index is 13.1. The second-order valence-corrected chi connectivity index (χ2v) is 5.99. The Morgan fingerprint density at radius 2 is 1.85 bits per heavy atom. The average Bonchev–Trinajstić information content (AvgIpc) is 3.00. The molecule has 0 saturated heterocycles. The number of halogens is 6. The van der Waals surface area contributed by atoms with Gasteiger partial charge in [-0.3, -0.25) is 0 Å². The van der Waals surface area contributed by atoms with Crippen LogP contribution in [0.4, 0.5) is 37.7 Å². The van der Waals surface area contributed by atoms with Crippen molar-refractivity contribution < 1.29 is 30.9 Å². The molecular weight excluding hydrogens is 378 g/mol. The quantitative estimate of drug-likeness (QED) is 0.510. The second-order valence-electron chi connectivity index (χ2n) is 5.99. The number of aromatic nitrogens is 2. The topological polar surface area (TPSA) is 46.5 Å². The van der Waals surface area contributed by atoms with E-state index in [-0.39, 0.29) is 23.3 Å². The van der Waals surface area contributed by atoms with E-state index in [2.05, 4.69) is 15.0 Å². The van der Waals surface area contributed by atoms with Crippen LogP contribution in [-0.2, 0) is 12.7 Å². The lowest BCUT2D eigenvalue weighted by molar-refractivity contribution is -0.136. The molecule has 1 heterocycles. The van der Waals surface area contributed by atoms with Crippen LogP contribution in [0.25, 0.3) is 4.85 Å². The monoisotopic (exact) mass is 392 g/mol. The van der Waals surface area contributed by atoms with Crippen molar-refractivity contribution in [3.05, 3.63) is 46.9 Å². The van der Waals surface area contributed by atoms with Gasteiger partial charge in [-0.15, -0.1) is 0 Å². The number of nitrogens with zero attached hydrogens (tertiary/aromatic N) is 4. The molecule has 0 aliphatic heterocycles. The van der Waals surface area contributed by atoms with Crippen LogP contribution in [0.15, 0.2) is 22.7 Å². The van der Waals surface area contributed by atoms with Crippen LogP contribution >= 0.6 is 0 Å². The van der Waals surface area contributed by atoms with Gasteiger partial charge >= 0.3 is 12.4 Å². The molecule has 1 aromatic heterocycles. The predicted molar refractivity (Wildman–Crippen MR) is 83.2 cm³/mol. The molecule has 0 unspecified atom stereocenters. The van der Waals surface area contributed by atoms with Gasteiger partial charge in [-0.1, -0.05) is 25.1 Å². The Labute approximate surface area is 150 Å². The first kappa shape index (κ1) is 20.5. The van der Waals surface area contributed by atoms with Gasteiger partial charge in [0.1, 0.15) is 6.54 Å². The summed E-state index contributed by atoms with van der Waals surface area (Å²) in [7, 11) is 0. The standard InChI is InChI=1S/C16H14F6N4O/c1-9(2)14-24-13(25-27-14)7-26(8-15(17,18)19)10-4-5-12(23-3)11(6-10)16(20,21)22/h4-6,9H,7-8H2,1-2H3. The highest BCUT2D eigenvalue weighted by Crippen LogP contribution is 2.39. The van der Waals surface area contributed by atoms with Gasteiger partial charge in [0.15, 0.2) is 11.5 Å². The fraction of sp³-hybridized carbons (Fsp3) is 0.438. The van der Waals surface area contributed by atoms with Crippen LogP contribution in [0.1, 0.15) is 37.0 Å². The molecular formula is C16H14F6N4O. The van der Waals surface area contributed by atoms with Gasteiger partial charge in [0.05, 0.1) is 18.7 Å². The normalized spacial score (nSPS) is 12.3. The third-order valence-corrected chi connectivity index (χ3v) is 3.45. The Bertz CT molecular complexity index is 835. The Morgan fingerprint density at radius 3 is 2.33 bits per heavy atom. The van der Waals surface area contributed by atoms with E-state index < -0.39 is 36.7 Å². The lowest BCUT2D eigenvalue weighted by atomic mass is 10.1. The molecule has 0 amide bonds. The van der Waals surface area contributed by atoms with Gasteiger partial charge in [-0.2, -0.15) is 31.3 Å². The molecule has 0 N–H and O–H groups in total. The SMILES string of the molecule is [C-]#[N+]c1ccc(N(Cc2noc(C(C)C)n2)CC(F)(F)F)cc1C(F)(F)F. The lowest BCUT2D eigenvalue weighted by Gasteiger charge is -2.25. The first-order valence-electron chi connectivity index (χ1n) is 7.63. The predicted octanol–water partition coefficient (Wildman–Crippen LogP) is 5.33. The minimum atomic E-state index is -4.88. The van der Waals surface area contributed by atoms with E-state index in [0.29, 0.717) is 11.0 Å². The van der Waals surface area contributed by atoms with Crippen molar-refractivity contribution in [2.75, 3.05) is 11.4 Å². The lowest BCUT2D eigenvalue weighted by Crippen LogP contribution is -2.34. The zero-order valence-corrected chi connectivity index (χ0v) is 14.2. The number of hydrogen-bond acceptors (Lipinski definition) is 4. The maximum absolute atomic E-state index is 13.1. The van der Waals surface area contributed by atoms with Crippen LogP contribution < -0.4 is 4.90 Å². The average molecular weight is 392 g/mol. The molecule has 11 heteroatoms. The third-order valence-electron chi connectivity index (χ3n) is 3.45. The number of rotatable bonds is 5. The Kier molecular flexibility index (Phi) is 5.67. The summed E-state index contributed by atoms with van der Waals surface area (Å²) in [5, 5.41) is 3.57. The van der Waals surface area contributed by atoms with Crippen molar-refractivity contribution in [3.63, 3.8) is 0 Å². The van der Waals surface area contributed by atoms with Gasteiger partial charge in [-0.05, 0) is 12.1 Å². The molecule has 5 nitrogen and oxygen atoms in total. The second kappa shape index (κ2) is 7.46. The van der Waals surface area contributed by atoms with Crippen molar-refractivity contribution in [3.8, 4) is 0 Å². The number of anilines is 1. The van der Waals surface area contributed by atoms with Gasteiger partial charge in [0.25, 0.3) is 0 Å². The van der Waals surface area contributed by atoms with Gasteiger partial charge in [-0.25, -0.2) is 4.85 Å². The summed E-state index contributed by atoms with van der Waals surface area (Å²) in [5.74, 6) is -0.0424. The molecule has 0 bridgehead atoms. The van der Waals surface area contributed by atoms with Crippen molar-refractivity contribution in [1.82, 2.24) is 10.1 Å². The molecule has 0 radical (unpaired) electrons. The summed E-state index contributed by atoms with van der Waals surface area (Å²) < 4.78 is 83.0. The van der Waals surface area contributed by atoms with Crippen LogP contribution in [0, 0.1) is 6.57 Å². The smallest absolute Gasteiger partial charge is 0.355 e. The molecule has 0 aliphatic carbocycles. The van der Waals surface area contributed by atoms with Crippen molar-refractivity contribution in [2.45, 2.75) is 38.7 Å². The molecule has 27 heavy (non-hydrogen) atoms. The van der Waals surface area contributed by atoms with E-state index in [9.17, 15) is 26.3 Å². The van der Waals surface area contributed by atoms with Crippen molar-refractivity contribution in [2.24, 2.45) is 0 Å². The fourth-order valence-electron chi connectivity index (χ4n) is 2.24. The van der Waals surface area contributed by atoms with Crippen molar-refractivity contribution >= 4 is 11.4 Å². The zero-order chi connectivity index (χ0) is 20.4. The highest BCUT2D eigenvalue weighted by Gasteiger charge is 2.36. The van der Waals surface area contributed by atoms with E-state index in [1.807, 2.05) is 0 Å². The Balaban J connectivity index is 2.43. The molecule has 0 fully saturated rings. The fourth-order valence-corrected chi connectivity index (χ4v) is 2.24. The van der Waals surface area contributed by atoms with Crippen LogP contribution in [0.3, 0.4) is 0 Å². The Hall–Kier alpha value is -2.77. The number of hydrogen-bond donors (Lipinski definition) is 0. The van der Waals surface area contributed by atoms with E-state index in [0.717, 1.165) is 12.1 Å². The third kappa shape index (κ3) is 5.35. The highest BCUT2D eigenvalue weighted by molar-refractivity contribution is 5.62. The van der Waals surface area contributed by atoms with E-state index in [1.54, 1.807) is 13.8 Å². The molecule has 0 atom stereocenters. The summed E-state index contributed by atoms with van der Waals surface area (Å²) in [5.41, 5.74) is -2.36. The largest absolute Gasteiger partial charge is 0.407 e. The molecule has 0 spiro atoms. The van der Waals surface area contributed by atoms with Gasteiger partial charge in [0, 0.05) is 11.6 Å². The van der Waals surface area contributed by atoms with E-state index >= 15 is 0 Å². The zero-order valence-electron chi connectivity index (χ0n) is 14.2. The molecule has 2 rings (SSSR count). The maximum Gasteiger partial charge on any atom is 0.407 e. The number of benzene rings is 1. The Morgan fingerprint density at radius 1 is 1.19 bits per heavy atom. The molecule has 146 valence electrons.